The smallest absolute Gasteiger partial charge is 0.481 e. The Morgan fingerprint density at radius 3 is 2.59 bits per heavy atom. The molecule has 2 aliphatic rings. The Labute approximate surface area is 158 Å². The number of aromatic nitrogens is 1. The van der Waals surface area contributed by atoms with Gasteiger partial charge in [-0.2, -0.15) is 0 Å². The molecule has 0 saturated carbocycles. The molecule has 0 unspecified atom stereocenters. The summed E-state index contributed by atoms with van der Waals surface area (Å²) >= 11 is 0. The highest BCUT2D eigenvalue weighted by Gasteiger charge is 2.34. The number of allylic oxidation sites excluding steroid dienone is 3. The number of carboxylic acid groups (broad SMARTS) is 1. The average molecular weight is 374 g/mol. The molecule has 1 aromatic rings. The van der Waals surface area contributed by atoms with Gasteiger partial charge in [0.25, 0.3) is 0 Å². The predicted molar refractivity (Wildman–Crippen MR) is 103 cm³/mol. The highest BCUT2D eigenvalue weighted by atomic mass is 19.1. The van der Waals surface area contributed by atoms with E-state index in [9.17, 15) is 9.90 Å². The fraction of sp³-hybridized carbons (Fsp3) is 0.474. The number of hydrogen-bond acceptors (Lipinski definition) is 4. The number of aryl methyl sites for hydroxylation is 2. The third-order valence-electron chi connectivity index (χ3n) is 4.78. The maximum atomic E-state index is 15.1. The van der Waals surface area contributed by atoms with E-state index in [0.717, 1.165) is 28.1 Å². The van der Waals surface area contributed by atoms with Gasteiger partial charge in [-0.1, -0.05) is 0 Å². The van der Waals surface area contributed by atoms with Gasteiger partial charge in [0.05, 0.1) is 25.0 Å². The van der Waals surface area contributed by atoms with E-state index in [4.69, 9.17) is 9.39 Å². The first-order valence-corrected chi connectivity index (χ1v) is 9.03. The van der Waals surface area contributed by atoms with Gasteiger partial charge in [0.15, 0.2) is 0 Å². The van der Waals surface area contributed by atoms with Crippen molar-refractivity contribution in [3.05, 3.63) is 40.4 Å². The summed E-state index contributed by atoms with van der Waals surface area (Å²) in [5.74, 6) is -0.902. The van der Waals surface area contributed by atoms with Gasteiger partial charge in [-0.25, -0.2) is 0 Å². The first-order chi connectivity index (χ1) is 12.8. The molecule has 0 radical (unpaired) electrons. The summed E-state index contributed by atoms with van der Waals surface area (Å²) in [6.07, 6.45) is 1.88. The van der Waals surface area contributed by atoms with E-state index in [0.29, 0.717) is 24.6 Å². The summed E-state index contributed by atoms with van der Waals surface area (Å²) < 4.78 is 27.1. The Bertz CT molecular complexity index is 852. The van der Waals surface area contributed by atoms with Crippen molar-refractivity contribution in [2.45, 2.75) is 46.6 Å². The van der Waals surface area contributed by atoms with Crippen LogP contribution in [-0.4, -0.2) is 47.9 Å². The molecule has 8 heteroatoms. The number of carboxylic acids is 1. The number of carbonyl (C=O) groups is 1. The number of rotatable bonds is 7. The predicted octanol–water partition coefficient (Wildman–Crippen LogP) is 3.32. The largest absolute Gasteiger partial charge is 0.637 e. The molecule has 27 heavy (non-hydrogen) atoms. The van der Waals surface area contributed by atoms with Crippen molar-refractivity contribution in [1.82, 2.24) is 4.48 Å². The van der Waals surface area contributed by atoms with Gasteiger partial charge < -0.3 is 19.0 Å². The molecule has 1 N–H and O–H groups in total. The first-order valence-electron chi connectivity index (χ1n) is 9.03. The fourth-order valence-corrected chi connectivity index (χ4v) is 3.54. The number of halogens is 1. The van der Waals surface area contributed by atoms with Crippen LogP contribution in [0.1, 0.15) is 43.6 Å². The average Bonchev–Trinajstić information content (AvgIpc) is 3.02. The Balaban J connectivity index is 2.08. The number of ether oxygens (including phenoxy) is 1. The Hall–Kier alpha value is -2.19. The number of hydrogen-bond donors (Lipinski definition) is 1. The lowest BCUT2D eigenvalue weighted by Gasteiger charge is -2.28. The Kier molecular flexibility index (Phi) is 5.67. The van der Waals surface area contributed by atoms with Crippen LogP contribution < -0.4 is 0 Å². The zero-order valence-corrected chi connectivity index (χ0v) is 16.1. The molecule has 0 aliphatic carbocycles. The van der Waals surface area contributed by atoms with Gasteiger partial charge in [0, 0.05) is 29.1 Å². The second-order valence-corrected chi connectivity index (χ2v) is 7.08. The van der Waals surface area contributed by atoms with Crippen LogP contribution in [0.5, 0.6) is 0 Å². The molecule has 1 aromatic heterocycles. The van der Waals surface area contributed by atoms with Gasteiger partial charge in [0.2, 0.25) is 0 Å². The van der Waals surface area contributed by atoms with Crippen LogP contribution in [0, 0.1) is 13.8 Å². The van der Waals surface area contributed by atoms with E-state index >= 15 is 4.32 Å². The minimum Gasteiger partial charge on any atom is -0.481 e. The lowest BCUT2D eigenvalue weighted by molar-refractivity contribution is -0.136. The molecule has 3 heterocycles. The lowest BCUT2D eigenvalue weighted by atomic mass is 9.96. The molecule has 0 aromatic carbocycles. The second kappa shape index (κ2) is 7.82. The topological polar surface area (TPSA) is 73.0 Å². The summed E-state index contributed by atoms with van der Waals surface area (Å²) in [4.78, 5) is 15.8. The number of aliphatic carboxylic acids is 1. The lowest BCUT2D eigenvalue weighted by Crippen LogP contribution is -2.42. The van der Waals surface area contributed by atoms with Crippen molar-refractivity contribution in [2.75, 3.05) is 13.2 Å². The van der Waals surface area contributed by atoms with Gasteiger partial charge in [0.1, 0.15) is 0 Å². The molecular weight excluding hydrogens is 350 g/mol. The SMILES string of the molecule is CC1=CC(C)=N/C1=C(/CCC(=O)O)c1c(C)cc(C)n1B(F)OC1COC1. The highest BCUT2D eigenvalue weighted by Crippen LogP contribution is 2.35. The van der Waals surface area contributed by atoms with E-state index in [2.05, 4.69) is 4.99 Å². The molecule has 0 atom stereocenters. The van der Waals surface area contributed by atoms with Gasteiger partial charge in [-0.05, 0) is 57.4 Å². The summed E-state index contributed by atoms with van der Waals surface area (Å²) in [6.45, 7) is 8.29. The molecule has 3 rings (SSSR count). The van der Waals surface area contributed by atoms with Crippen molar-refractivity contribution in [3.8, 4) is 0 Å². The monoisotopic (exact) mass is 374 g/mol. The minimum atomic E-state index is -1.67. The van der Waals surface area contributed by atoms with Crippen LogP contribution in [0.4, 0.5) is 4.32 Å². The Morgan fingerprint density at radius 2 is 2.07 bits per heavy atom. The first kappa shape index (κ1) is 19.6. The summed E-state index contributed by atoms with van der Waals surface area (Å²) in [7, 11) is -1.67. The van der Waals surface area contributed by atoms with Crippen molar-refractivity contribution in [1.29, 1.82) is 0 Å². The van der Waals surface area contributed by atoms with Crippen LogP contribution in [0.15, 0.2) is 28.4 Å². The molecule has 0 spiro atoms. The van der Waals surface area contributed by atoms with Crippen LogP contribution in [0.25, 0.3) is 5.57 Å². The maximum absolute atomic E-state index is 15.1. The van der Waals surface area contributed by atoms with Crippen LogP contribution in [0.2, 0.25) is 0 Å². The number of aliphatic imine (C=N–C) groups is 1. The molecule has 1 saturated heterocycles. The van der Waals surface area contributed by atoms with Crippen molar-refractivity contribution < 1.29 is 23.6 Å². The third-order valence-corrected chi connectivity index (χ3v) is 4.78. The summed E-state index contributed by atoms with van der Waals surface area (Å²) in [6, 6.07) is 1.88. The molecule has 144 valence electrons. The zero-order chi connectivity index (χ0) is 19.7. The zero-order valence-electron chi connectivity index (χ0n) is 16.1. The summed E-state index contributed by atoms with van der Waals surface area (Å²) in [5.41, 5.74) is 5.46. The standard InChI is InChI=1S/C19H24BFN2O4/c1-11-7-13(3)22-18(11)16(5-6-17(24)25)19-12(2)8-14(4)23(19)20(21)27-15-9-26-10-15/h7-8,15H,5-6,9-10H2,1-4H3,(H,24,25)/b18-16-. The van der Waals surface area contributed by atoms with Crippen LogP contribution in [0.3, 0.4) is 0 Å². The van der Waals surface area contributed by atoms with Gasteiger partial charge in [-0.15, -0.1) is 0 Å². The maximum Gasteiger partial charge on any atom is 0.637 e. The van der Waals surface area contributed by atoms with Crippen LogP contribution >= 0.6 is 0 Å². The summed E-state index contributed by atoms with van der Waals surface area (Å²) in [5, 5.41) is 9.19. The molecule has 0 bridgehead atoms. The highest BCUT2D eigenvalue weighted by molar-refractivity contribution is 6.42. The number of nitrogens with zero attached hydrogens (tertiary/aromatic N) is 2. The molecule has 6 nitrogen and oxygen atoms in total. The third kappa shape index (κ3) is 4.06. The molecular formula is C19H24BFN2O4. The van der Waals surface area contributed by atoms with Gasteiger partial charge in [-0.3, -0.25) is 14.1 Å². The van der Waals surface area contributed by atoms with Crippen molar-refractivity contribution in [3.63, 3.8) is 0 Å². The minimum absolute atomic E-state index is 0.0569. The second-order valence-electron chi connectivity index (χ2n) is 7.08. The van der Waals surface area contributed by atoms with Crippen molar-refractivity contribution >= 4 is 24.6 Å². The molecule has 0 amide bonds. The van der Waals surface area contributed by atoms with Crippen LogP contribution in [-0.2, 0) is 14.2 Å². The fourth-order valence-electron chi connectivity index (χ4n) is 3.54. The van der Waals surface area contributed by atoms with E-state index < -0.39 is 13.3 Å². The van der Waals surface area contributed by atoms with E-state index in [1.54, 1.807) is 0 Å². The quantitative estimate of drug-likeness (QED) is 0.744. The Morgan fingerprint density at radius 1 is 1.37 bits per heavy atom. The van der Waals surface area contributed by atoms with E-state index in [1.807, 2.05) is 39.8 Å². The van der Waals surface area contributed by atoms with Crippen molar-refractivity contribution in [2.24, 2.45) is 4.99 Å². The molecule has 2 aliphatic heterocycles. The van der Waals surface area contributed by atoms with E-state index in [1.165, 1.54) is 4.48 Å². The van der Waals surface area contributed by atoms with E-state index in [-0.39, 0.29) is 18.9 Å². The normalized spacial score (nSPS) is 18.9. The van der Waals surface area contributed by atoms with Gasteiger partial charge >= 0.3 is 13.3 Å². The molecule has 1 fully saturated rings.